The Labute approximate surface area is 159 Å². The quantitative estimate of drug-likeness (QED) is 0.846. The maximum absolute atomic E-state index is 12.7. The van der Waals surface area contributed by atoms with Gasteiger partial charge in [0.15, 0.2) is 0 Å². The Kier molecular flexibility index (Phi) is 6.29. The van der Waals surface area contributed by atoms with Crippen LogP contribution in [0.25, 0.3) is 0 Å². The van der Waals surface area contributed by atoms with Crippen molar-refractivity contribution in [1.82, 2.24) is 15.1 Å². The minimum Gasteiger partial charge on any atom is -0.497 e. The zero-order valence-corrected chi connectivity index (χ0v) is 16.5. The molecule has 1 aromatic carbocycles. The Morgan fingerprint density at radius 3 is 2.62 bits per heavy atom. The van der Waals surface area contributed by atoms with Gasteiger partial charge in [0, 0.05) is 42.7 Å². The lowest BCUT2D eigenvalue weighted by atomic mass is 10.0. The van der Waals surface area contributed by atoms with Crippen molar-refractivity contribution in [3.63, 3.8) is 0 Å². The molecule has 0 bridgehead atoms. The molecule has 1 fully saturated rings. The van der Waals surface area contributed by atoms with Crippen LogP contribution in [0.15, 0.2) is 41.8 Å². The van der Waals surface area contributed by atoms with Gasteiger partial charge in [0.05, 0.1) is 13.2 Å². The summed E-state index contributed by atoms with van der Waals surface area (Å²) in [7, 11) is 3.77. The Morgan fingerprint density at radius 1 is 1.19 bits per heavy atom. The first-order chi connectivity index (χ1) is 12.6. The van der Waals surface area contributed by atoms with Crippen molar-refractivity contribution in [2.24, 2.45) is 0 Å². The van der Waals surface area contributed by atoms with Crippen LogP contribution >= 0.6 is 11.3 Å². The van der Waals surface area contributed by atoms with Gasteiger partial charge in [-0.1, -0.05) is 12.1 Å². The molecule has 2 aromatic rings. The van der Waals surface area contributed by atoms with Crippen LogP contribution in [0.1, 0.15) is 28.2 Å². The SMILES string of the molecule is COc1cccc(C(=O)N[C@H](C)[C@@H](c2cccs2)N2CCN(C)CC2)c1. The first-order valence-electron chi connectivity index (χ1n) is 8.99. The van der Waals surface area contributed by atoms with E-state index in [1.165, 1.54) is 4.88 Å². The van der Waals surface area contributed by atoms with Crippen LogP contribution < -0.4 is 10.1 Å². The Hall–Kier alpha value is -1.89. The average molecular weight is 374 g/mol. The Bertz CT molecular complexity index is 712. The van der Waals surface area contributed by atoms with Crippen molar-refractivity contribution in [1.29, 1.82) is 0 Å². The lowest BCUT2D eigenvalue weighted by Gasteiger charge is -2.40. The molecule has 0 unspecified atom stereocenters. The summed E-state index contributed by atoms with van der Waals surface area (Å²) in [6.45, 7) is 6.23. The van der Waals surface area contributed by atoms with Gasteiger partial charge in [-0.25, -0.2) is 0 Å². The highest BCUT2D eigenvalue weighted by Gasteiger charge is 2.30. The number of ether oxygens (including phenoxy) is 1. The number of nitrogens with one attached hydrogen (secondary N) is 1. The van der Waals surface area contributed by atoms with Crippen LogP contribution in [0, 0.1) is 0 Å². The molecule has 0 radical (unpaired) electrons. The van der Waals surface area contributed by atoms with Crippen LogP contribution in [-0.4, -0.2) is 62.1 Å². The number of likely N-dealkylation sites (N-methyl/N-ethyl adjacent to an activating group) is 1. The first-order valence-corrected chi connectivity index (χ1v) is 9.87. The van der Waals surface area contributed by atoms with Crippen molar-refractivity contribution in [2.75, 3.05) is 40.3 Å². The molecule has 1 saturated heterocycles. The number of hydrogen-bond donors (Lipinski definition) is 1. The van der Waals surface area contributed by atoms with E-state index >= 15 is 0 Å². The minimum atomic E-state index is -0.0629. The normalized spacial score (nSPS) is 18.3. The Morgan fingerprint density at radius 2 is 1.96 bits per heavy atom. The predicted molar refractivity (Wildman–Crippen MR) is 106 cm³/mol. The van der Waals surface area contributed by atoms with E-state index in [1.807, 2.05) is 18.2 Å². The van der Waals surface area contributed by atoms with Gasteiger partial charge in [0.2, 0.25) is 0 Å². The molecule has 2 heterocycles. The summed E-state index contributed by atoms with van der Waals surface area (Å²) in [4.78, 5) is 18.9. The maximum Gasteiger partial charge on any atom is 0.251 e. The molecule has 0 aliphatic carbocycles. The number of piperazine rings is 1. The number of amides is 1. The molecule has 140 valence electrons. The van der Waals surface area contributed by atoms with Crippen molar-refractivity contribution in [3.05, 3.63) is 52.2 Å². The number of methoxy groups -OCH3 is 1. The summed E-state index contributed by atoms with van der Waals surface area (Å²) >= 11 is 1.76. The fourth-order valence-corrected chi connectivity index (χ4v) is 4.40. The highest BCUT2D eigenvalue weighted by atomic mass is 32.1. The van der Waals surface area contributed by atoms with E-state index in [1.54, 1.807) is 24.5 Å². The third kappa shape index (κ3) is 4.44. The lowest BCUT2D eigenvalue weighted by Crippen LogP contribution is -2.51. The van der Waals surface area contributed by atoms with Crippen molar-refractivity contribution in [3.8, 4) is 5.75 Å². The van der Waals surface area contributed by atoms with E-state index in [2.05, 4.69) is 46.6 Å². The summed E-state index contributed by atoms with van der Waals surface area (Å²) in [6, 6.07) is 11.7. The van der Waals surface area contributed by atoms with E-state index in [0.29, 0.717) is 11.3 Å². The molecule has 1 amide bonds. The standard InChI is InChI=1S/C20H27N3O2S/c1-15(21-20(24)16-6-4-7-17(14-16)25-3)19(18-8-5-13-26-18)23-11-9-22(2)10-12-23/h4-8,13-15,19H,9-12H2,1-3H3,(H,21,24)/t15-,19+/m1/s1. The van der Waals surface area contributed by atoms with Crippen molar-refractivity contribution >= 4 is 17.2 Å². The molecule has 1 aliphatic heterocycles. The average Bonchev–Trinajstić information content (AvgIpc) is 3.17. The number of nitrogens with zero attached hydrogens (tertiary/aromatic N) is 2. The highest BCUT2D eigenvalue weighted by molar-refractivity contribution is 7.10. The third-order valence-electron chi connectivity index (χ3n) is 4.93. The van der Waals surface area contributed by atoms with Crippen LogP contribution in [0.4, 0.5) is 0 Å². The zero-order valence-electron chi connectivity index (χ0n) is 15.6. The van der Waals surface area contributed by atoms with E-state index in [9.17, 15) is 4.79 Å². The lowest BCUT2D eigenvalue weighted by molar-refractivity contribution is 0.0799. The summed E-state index contributed by atoms with van der Waals surface area (Å²) in [5, 5.41) is 5.31. The number of carbonyl (C=O) groups excluding carboxylic acids is 1. The molecule has 1 N–H and O–H groups in total. The molecule has 5 nitrogen and oxygen atoms in total. The number of hydrogen-bond acceptors (Lipinski definition) is 5. The summed E-state index contributed by atoms with van der Waals surface area (Å²) in [5.41, 5.74) is 0.625. The molecule has 0 spiro atoms. The second-order valence-electron chi connectivity index (χ2n) is 6.79. The molecule has 1 aliphatic rings. The van der Waals surface area contributed by atoms with Gasteiger partial charge in [-0.3, -0.25) is 9.69 Å². The van der Waals surface area contributed by atoms with Gasteiger partial charge in [0.25, 0.3) is 5.91 Å². The smallest absolute Gasteiger partial charge is 0.251 e. The molecule has 6 heteroatoms. The van der Waals surface area contributed by atoms with E-state index in [0.717, 1.165) is 26.2 Å². The second-order valence-corrected chi connectivity index (χ2v) is 7.77. The van der Waals surface area contributed by atoms with Gasteiger partial charge in [-0.2, -0.15) is 0 Å². The van der Waals surface area contributed by atoms with Crippen molar-refractivity contribution < 1.29 is 9.53 Å². The fourth-order valence-electron chi connectivity index (χ4n) is 3.44. The van der Waals surface area contributed by atoms with Gasteiger partial charge < -0.3 is 15.0 Å². The monoisotopic (exact) mass is 373 g/mol. The minimum absolute atomic E-state index is 0.00996. The topological polar surface area (TPSA) is 44.8 Å². The Balaban J connectivity index is 1.74. The van der Waals surface area contributed by atoms with Crippen LogP contribution in [0.5, 0.6) is 5.75 Å². The third-order valence-corrected chi connectivity index (χ3v) is 5.87. The number of benzene rings is 1. The van der Waals surface area contributed by atoms with Gasteiger partial charge >= 0.3 is 0 Å². The molecular weight excluding hydrogens is 346 g/mol. The van der Waals surface area contributed by atoms with Gasteiger partial charge in [-0.05, 0) is 43.6 Å². The highest BCUT2D eigenvalue weighted by Crippen LogP contribution is 2.29. The van der Waals surface area contributed by atoms with Crippen LogP contribution in [0.2, 0.25) is 0 Å². The molecule has 2 atom stereocenters. The maximum atomic E-state index is 12.7. The number of carbonyl (C=O) groups is 1. The first kappa shape index (κ1) is 18.9. The summed E-state index contributed by atoms with van der Waals surface area (Å²) in [6.07, 6.45) is 0. The van der Waals surface area contributed by atoms with E-state index < -0.39 is 0 Å². The molecule has 3 rings (SSSR count). The molecular formula is C20H27N3O2S. The predicted octanol–water partition coefficient (Wildman–Crippen LogP) is 2.86. The van der Waals surface area contributed by atoms with Gasteiger partial charge in [-0.15, -0.1) is 11.3 Å². The van der Waals surface area contributed by atoms with Crippen molar-refractivity contribution in [2.45, 2.75) is 19.0 Å². The van der Waals surface area contributed by atoms with Crippen LogP contribution in [-0.2, 0) is 0 Å². The fraction of sp³-hybridized carbons (Fsp3) is 0.450. The summed E-state index contributed by atoms with van der Waals surface area (Å²) < 4.78 is 5.23. The largest absolute Gasteiger partial charge is 0.497 e. The van der Waals surface area contributed by atoms with E-state index in [4.69, 9.17) is 4.74 Å². The van der Waals surface area contributed by atoms with Crippen LogP contribution in [0.3, 0.4) is 0 Å². The number of rotatable bonds is 6. The zero-order chi connectivity index (χ0) is 18.5. The second kappa shape index (κ2) is 8.66. The molecule has 1 aromatic heterocycles. The summed E-state index contributed by atoms with van der Waals surface area (Å²) in [5.74, 6) is 0.631. The van der Waals surface area contributed by atoms with E-state index in [-0.39, 0.29) is 18.0 Å². The molecule has 0 saturated carbocycles. The van der Waals surface area contributed by atoms with Gasteiger partial charge in [0.1, 0.15) is 5.75 Å². The molecule has 26 heavy (non-hydrogen) atoms. The number of thiophene rings is 1.